The molecule has 2 aromatic carbocycles. The quantitative estimate of drug-likeness (QED) is 0.667. The van der Waals surface area contributed by atoms with E-state index in [0.29, 0.717) is 5.95 Å². The average Bonchev–Trinajstić information content (AvgIpc) is 2.64. The first-order chi connectivity index (χ1) is 11.3. The molecule has 0 unspecified atom stereocenters. The Balaban J connectivity index is 0.000000924. The van der Waals surface area contributed by atoms with Gasteiger partial charge in [0.2, 0.25) is 5.95 Å². The van der Waals surface area contributed by atoms with Crippen LogP contribution in [0.25, 0.3) is 0 Å². The van der Waals surface area contributed by atoms with Crippen molar-refractivity contribution in [1.82, 2.24) is 9.97 Å². The van der Waals surface area contributed by atoms with Crippen molar-refractivity contribution in [3.05, 3.63) is 84.2 Å². The van der Waals surface area contributed by atoms with Gasteiger partial charge in [0.1, 0.15) is 0 Å². The second-order valence-corrected chi connectivity index (χ2v) is 4.96. The zero-order valence-corrected chi connectivity index (χ0v) is 14.0. The summed E-state index contributed by atoms with van der Waals surface area (Å²) in [7, 11) is 0. The van der Waals surface area contributed by atoms with E-state index in [4.69, 9.17) is 0 Å². The van der Waals surface area contributed by atoms with Crippen molar-refractivity contribution >= 4 is 11.6 Å². The van der Waals surface area contributed by atoms with Gasteiger partial charge in [-0.25, -0.2) is 9.97 Å². The number of nitrogens with zero attached hydrogens (tertiary/aromatic N) is 3. The van der Waals surface area contributed by atoms with Crippen LogP contribution >= 0.6 is 0 Å². The van der Waals surface area contributed by atoms with Gasteiger partial charge in [0.15, 0.2) is 0 Å². The lowest BCUT2D eigenvalue weighted by Gasteiger charge is -2.23. The topological polar surface area (TPSA) is 29.0 Å². The van der Waals surface area contributed by atoms with Crippen LogP contribution in [-0.2, 0) is 6.54 Å². The van der Waals surface area contributed by atoms with Gasteiger partial charge < -0.3 is 4.90 Å². The highest BCUT2D eigenvalue weighted by molar-refractivity contribution is 5.57. The predicted octanol–water partition coefficient (Wildman–Crippen LogP) is 5.15. The Morgan fingerprint density at radius 2 is 1.39 bits per heavy atom. The molecule has 1 heterocycles. The van der Waals surface area contributed by atoms with Crippen LogP contribution < -0.4 is 4.90 Å². The van der Waals surface area contributed by atoms with Crippen LogP contribution in [0.4, 0.5) is 11.6 Å². The maximum absolute atomic E-state index is 4.39. The molecule has 0 spiro atoms. The average molecular weight is 305 g/mol. The van der Waals surface area contributed by atoms with Gasteiger partial charge in [-0.2, -0.15) is 0 Å². The molecule has 3 rings (SSSR count). The van der Waals surface area contributed by atoms with Gasteiger partial charge in [0.25, 0.3) is 0 Å². The molecule has 0 amide bonds. The van der Waals surface area contributed by atoms with E-state index in [-0.39, 0.29) is 0 Å². The van der Waals surface area contributed by atoms with E-state index in [0.717, 1.165) is 12.2 Å². The second kappa shape index (κ2) is 8.69. The number of hydrogen-bond acceptors (Lipinski definition) is 3. The Labute approximate surface area is 138 Å². The Kier molecular flexibility index (Phi) is 6.30. The van der Waals surface area contributed by atoms with Gasteiger partial charge in [0.05, 0.1) is 6.54 Å². The minimum atomic E-state index is 0.713. The number of aryl methyl sites for hydroxylation is 1. The fourth-order valence-electron chi connectivity index (χ4n) is 2.20. The highest BCUT2D eigenvalue weighted by atomic mass is 15.2. The lowest BCUT2D eigenvalue weighted by Crippen LogP contribution is -2.18. The van der Waals surface area contributed by atoms with Gasteiger partial charge in [-0.1, -0.05) is 61.9 Å². The third-order valence-corrected chi connectivity index (χ3v) is 3.32. The van der Waals surface area contributed by atoms with E-state index in [1.54, 1.807) is 12.4 Å². The zero-order valence-electron chi connectivity index (χ0n) is 14.0. The minimum Gasteiger partial charge on any atom is -0.306 e. The summed E-state index contributed by atoms with van der Waals surface area (Å²) in [6.45, 7) is 6.83. The van der Waals surface area contributed by atoms with Crippen molar-refractivity contribution in [2.24, 2.45) is 0 Å². The molecule has 0 N–H and O–H groups in total. The molecule has 0 aliphatic heterocycles. The van der Waals surface area contributed by atoms with E-state index in [1.807, 2.05) is 26.0 Å². The monoisotopic (exact) mass is 305 g/mol. The van der Waals surface area contributed by atoms with Crippen molar-refractivity contribution in [2.45, 2.75) is 27.3 Å². The van der Waals surface area contributed by atoms with Crippen molar-refractivity contribution in [3.63, 3.8) is 0 Å². The largest absolute Gasteiger partial charge is 0.306 e. The van der Waals surface area contributed by atoms with E-state index in [1.165, 1.54) is 11.1 Å². The Bertz CT molecular complexity index is 679. The first kappa shape index (κ1) is 16.7. The van der Waals surface area contributed by atoms with E-state index < -0.39 is 0 Å². The smallest absolute Gasteiger partial charge is 0.230 e. The molecule has 0 aliphatic carbocycles. The molecule has 0 fully saturated rings. The molecular formula is C20H23N3. The van der Waals surface area contributed by atoms with Gasteiger partial charge in [-0.15, -0.1) is 0 Å². The van der Waals surface area contributed by atoms with Crippen LogP contribution in [0, 0.1) is 6.92 Å². The fourth-order valence-corrected chi connectivity index (χ4v) is 2.20. The highest BCUT2D eigenvalue weighted by Gasteiger charge is 2.12. The second-order valence-electron chi connectivity index (χ2n) is 4.96. The van der Waals surface area contributed by atoms with E-state index in [9.17, 15) is 0 Å². The first-order valence-electron chi connectivity index (χ1n) is 7.98. The van der Waals surface area contributed by atoms with Crippen LogP contribution in [0.3, 0.4) is 0 Å². The molecule has 1 aromatic heterocycles. The van der Waals surface area contributed by atoms with Crippen LogP contribution in [0.15, 0.2) is 73.1 Å². The van der Waals surface area contributed by atoms with Crippen molar-refractivity contribution in [3.8, 4) is 0 Å². The third kappa shape index (κ3) is 4.65. The lowest BCUT2D eigenvalue weighted by molar-refractivity contribution is 0.911. The highest BCUT2D eigenvalue weighted by Crippen LogP contribution is 2.24. The number of aromatic nitrogens is 2. The summed E-state index contributed by atoms with van der Waals surface area (Å²) in [6, 6.07) is 20.6. The Morgan fingerprint density at radius 3 is 2.00 bits per heavy atom. The van der Waals surface area contributed by atoms with Gasteiger partial charge in [-0.3, -0.25) is 0 Å². The molecule has 3 heteroatoms. The normalized spacial score (nSPS) is 9.70. The molecule has 3 nitrogen and oxygen atoms in total. The summed E-state index contributed by atoms with van der Waals surface area (Å²) in [4.78, 5) is 10.9. The molecule has 118 valence electrons. The summed E-state index contributed by atoms with van der Waals surface area (Å²) in [5.41, 5.74) is 3.56. The molecule has 0 radical (unpaired) electrons. The van der Waals surface area contributed by atoms with Gasteiger partial charge >= 0.3 is 0 Å². The van der Waals surface area contributed by atoms with Crippen LogP contribution in [0.1, 0.15) is 25.0 Å². The molecule has 0 aliphatic rings. The van der Waals surface area contributed by atoms with Crippen LogP contribution in [-0.4, -0.2) is 9.97 Å². The number of anilines is 2. The summed E-state index contributed by atoms with van der Waals surface area (Å²) < 4.78 is 0. The standard InChI is InChI=1S/C18H17N3.C2H6/c1-15-8-10-17(11-9-15)21(18-19-12-5-13-20-18)14-16-6-3-2-4-7-16;1-2/h2-13H,14H2,1H3;1-2H3. The fraction of sp³-hybridized carbons (Fsp3) is 0.200. The van der Waals surface area contributed by atoms with E-state index in [2.05, 4.69) is 70.3 Å². The number of benzene rings is 2. The predicted molar refractivity (Wildman–Crippen MR) is 96.8 cm³/mol. The van der Waals surface area contributed by atoms with Crippen molar-refractivity contribution in [1.29, 1.82) is 0 Å². The van der Waals surface area contributed by atoms with Gasteiger partial charge in [-0.05, 0) is 30.7 Å². The Morgan fingerprint density at radius 1 is 0.783 bits per heavy atom. The van der Waals surface area contributed by atoms with Crippen LogP contribution in [0.2, 0.25) is 0 Å². The molecule has 0 atom stereocenters. The summed E-state index contributed by atoms with van der Waals surface area (Å²) in [6.07, 6.45) is 3.54. The molecule has 0 bridgehead atoms. The maximum Gasteiger partial charge on any atom is 0.230 e. The number of rotatable bonds is 4. The van der Waals surface area contributed by atoms with Crippen LogP contribution in [0.5, 0.6) is 0 Å². The summed E-state index contributed by atoms with van der Waals surface area (Å²) >= 11 is 0. The SMILES string of the molecule is CC.Cc1ccc(N(Cc2ccccc2)c2ncccn2)cc1. The molecule has 0 saturated heterocycles. The first-order valence-corrected chi connectivity index (χ1v) is 7.98. The Hall–Kier alpha value is -2.68. The zero-order chi connectivity index (χ0) is 16.5. The summed E-state index contributed by atoms with van der Waals surface area (Å²) in [5.74, 6) is 0.713. The van der Waals surface area contributed by atoms with E-state index >= 15 is 0 Å². The molecule has 0 saturated carbocycles. The molecule has 3 aromatic rings. The molecule has 23 heavy (non-hydrogen) atoms. The number of hydrogen-bond donors (Lipinski definition) is 0. The summed E-state index contributed by atoms with van der Waals surface area (Å²) in [5, 5.41) is 0. The van der Waals surface area contributed by atoms with Gasteiger partial charge in [0, 0.05) is 18.1 Å². The lowest BCUT2D eigenvalue weighted by atomic mass is 10.2. The maximum atomic E-state index is 4.39. The molecular weight excluding hydrogens is 282 g/mol. The minimum absolute atomic E-state index is 0.713. The van der Waals surface area contributed by atoms with Crippen molar-refractivity contribution in [2.75, 3.05) is 4.90 Å². The van der Waals surface area contributed by atoms with Crippen molar-refractivity contribution < 1.29 is 0 Å². The third-order valence-electron chi connectivity index (χ3n) is 3.32.